The van der Waals surface area contributed by atoms with Crippen LogP contribution in [0.5, 0.6) is 11.5 Å². The molecule has 1 aromatic heterocycles. The van der Waals surface area contributed by atoms with Crippen molar-refractivity contribution in [3.63, 3.8) is 0 Å². The molecule has 9 nitrogen and oxygen atoms in total. The molecule has 2 aliphatic heterocycles. The number of carbonyl (C=O) groups excluding carboxylic acids is 3. The van der Waals surface area contributed by atoms with E-state index in [1.54, 1.807) is 32.0 Å². The van der Waals surface area contributed by atoms with Crippen LogP contribution in [0, 0.1) is 6.92 Å². The number of rotatable bonds is 4. The van der Waals surface area contributed by atoms with Crippen molar-refractivity contribution in [1.82, 2.24) is 10.2 Å². The first kappa shape index (κ1) is 18.9. The fourth-order valence-corrected chi connectivity index (χ4v) is 3.48. The van der Waals surface area contributed by atoms with Gasteiger partial charge in [0, 0.05) is 0 Å². The molecule has 0 spiro atoms. The van der Waals surface area contributed by atoms with Crippen molar-refractivity contribution in [3.8, 4) is 11.5 Å². The number of nitrogens with zero attached hydrogens (tertiary/aromatic N) is 1. The number of nitrogens with one attached hydrogen (secondary N) is 1. The number of esters is 1. The number of hydrogen-bond donors (Lipinski definition) is 1. The topological polar surface area (TPSA) is 107 Å². The van der Waals surface area contributed by atoms with Crippen LogP contribution in [0.1, 0.15) is 34.4 Å². The molecule has 152 valence electrons. The lowest BCUT2D eigenvalue weighted by Gasteiger charge is -2.25. The first-order chi connectivity index (χ1) is 13.8. The van der Waals surface area contributed by atoms with E-state index in [2.05, 4.69) is 5.32 Å². The Morgan fingerprint density at radius 2 is 1.93 bits per heavy atom. The molecule has 0 aliphatic carbocycles. The molecule has 1 fully saturated rings. The monoisotopic (exact) mass is 400 g/mol. The second-order valence-corrected chi connectivity index (χ2v) is 6.98. The highest BCUT2D eigenvalue weighted by Crippen LogP contribution is 2.37. The predicted molar refractivity (Wildman–Crippen MR) is 98.7 cm³/mol. The molecule has 1 N–H and O–H groups in total. The van der Waals surface area contributed by atoms with Crippen molar-refractivity contribution in [2.24, 2.45) is 0 Å². The Kier molecular flexibility index (Phi) is 4.45. The highest BCUT2D eigenvalue weighted by atomic mass is 16.6. The van der Waals surface area contributed by atoms with Crippen LogP contribution in [-0.2, 0) is 21.6 Å². The van der Waals surface area contributed by atoms with Gasteiger partial charge in [0.25, 0.3) is 5.91 Å². The number of amides is 3. The number of fused-ring (bicyclic) bond motifs is 1. The molecule has 0 unspecified atom stereocenters. The standard InChI is InChI=1S/C20H20N2O7/c1-11-14(17(23)26-3)9-13(29-11)10-22-18(24)20(2,21-19(22)25)12-4-5-15-16(8-12)28-7-6-27-15/h4-5,8-9H,6-7,10H2,1-3H3,(H,21,25)/t20-/m1/s1. The van der Waals surface area contributed by atoms with Gasteiger partial charge in [-0.2, -0.15) is 0 Å². The van der Waals surface area contributed by atoms with Gasteiger partial charge in [0.15, 0.2) is 11.5 Å². The molecule has 3 amide bonds. The van der Waals surface area contributed by atoms with E-state index >= 15 is 0 Å². The lowest BCUT2D eigenvalue weighted by molar-refractivity contribution is -0.131. The van der Waals surface area contributed by atoms with Crippen LogP contribution < -0.4 is 14.8 Å². The van der Waals surface area contributed by atoms with Gasteiger partial charge in [-0.25, -0.2) is 9.59 Å². The molecule has 4 rings (SSSR count). The first-order valence-corrected chi connectivity index (χ1v) is 9.05. The number of hydrogen-bond acceptors (Lipinski definition) is 7. The highest BCUT2D eigenvalue weighted by molar-refractivity contribution is 6.07. The number of furan rings is 1. The zero-order valence-corrected chi connectivity index (χ0v) is 16.2. The minimum Gasteiger partial charge on any atom is -0.486 e. The number of ether oxygens (including phenoxy) is 3. The Morgan fingerprint density at radius 3 is 2.66 bits per heavy atom. The lowest BCUT2D eigenvalue weighted by atomic mass is 9.91. The summed E-state index contributed by atoms with van der Waals surface area (Å²) in [6, 6.07) is 6.06. The van der Waals surface area contributed by atoms with Crippen LogP contribution in [0.4, 0.5) is 4.79 Å². The molecule has 2 aliphatic rings. The van der Waals surface area contributed by atoms with Crippen molar-refractivity contribution < 1.29 is 33.0 Å². The Bertz CT molecular complexity index is 1010. The zero-order valence-electron chi connectivity index (χ0n) is 16.2. The van der Waals surface area contributed by atoms with Crippen LogP contribution in [-0.4, -0.2) is 43.1 Å². The highest BCUT2D eigenvalue weighted by Gasteiger charge is 2.49. The van der Waals surface area contributed by atoms with Crippen LogP contribution in [0.2, 0.25) is 0 Å². The Morgan fingerprint density at radius 1 is 1.21 bits per heavy atom. The Labute approximate surface area is 166 Å². The molecule has 1 aromatic carbocycles. The van der Waals surface area contributed by atoms with Crippen molar-refractivity contribution in [3.05, 3.63) is 46.9 Å². The quantitative estimate of drug-likeness (QED) is 0.619. The normalized spacial score (nSPS) is 20.6. The lowest BCUT2D eigenvalue weighted by Crippen LogP contribution is -2.40. The zero-order chi connectivity index (χ0) is 20.8. The van der Waals surface area contributed by atoms with Crippen molar-refractivity contribution in [2.75, 3.05) is 20.3 Å². The SMILES string of the molecule is COC(=O)c1cc(CN2C(=O)N[C@](C)(c3ccc4c(c3)OCCO4)C2=O)oc1C. The van der Waals surface area contributed by atoms with Crippen molar-refractivity contribution in [1.29, 1.82) is 0 Å². The molecular formula is C20H20N2O7. The average molecular weight is 400 g/mol. The summed E-state index contributed by atoms with van der Waals surface area (Å²) in [7, 11) is 1.27. The van der Waals surface area contributed by atoms with E-state index in [0.717, 1.165) is 4.90 Å². The number of benzene rings is 1. The van der Waals surface area contributed by atoms with Gasteiger partial charge < -0.3 is 23.9 Å². The smallest absolute Gasteiger partial charge is 0.341 e. The summed E-state index contributed by atoms with van der Waals surface area (Å²) in [5.41, 5.74) is -0.433. The summed E-state index contributed by atoms with van der Waals surface area (Å²) in [6.07, 6.45) is 0. The second kappa shape index (κ2) is 6.84. The van der Waals surface area contributed by atoms with E-state index in [1.165, 1.54) is 13.2 Å². The third-order valence-electron chi connectivity index (χ3n) is 5.08. The van der Waals surface area contributed by atoms with Gasteiger partial charge in [0.1, 0.15) is 35.8 Å². The molecule has 1 saturated heterocycles. The maximum Gasteiger partial charge on any atom is 0.341 e. The molecule has 0 bridgehead atoms. The fourth-order valence-electron chi connectivity index (χ4n) is 3.48. The predicted octanol–water partition coefficient (Wildman–Crippen LogP) is 2.11. The van der Waals surface area contributed by atoms with Crippen LogP contribution in [0.15, 0.2) is 28.7 Å². The van der Waals surface area contributed by atoms with Gasteiger partial charge in [0.05, 0.1) is 13.7 Å². The third-order valence-corrected chi connectivity index (χ3v) is 5.08. The third kappa shape index (κ3) is 3.08. The molecule has 3 heterocycles. The second-order valence-electron chi connectivity index (χ2n) is 6.98. The number of imide groups is 1. The molecule has 9 heteroatoms. The van der Waals surface area contributed by atoms with Crippen LogP contribution >= 0.6 is 0 Å². The van der Waals surface area contributed by atoms with Gasteiger partial charge in [-0.3, -0.25) is 9.69 Å². The van der Waals surface area contributed by atoms with Gasteiger partial charge >= 0.3 is 12.0 Å². The van der Waals surface area contributed by atoms with Gasteiger partial charge in [-0.15, -0.1) is 0 Å². The van der Waals surface area contributed by atoms with Crippen molar-refractivity contribution >= 4 is 17.9 Å². The van der Waals surface area contributed by atoms with Crippen LogP contribution in [0.25, 0.3) is 0 Å². The van der Waals surface area contributed by atoms with E-state index in [0.29, 0.717) is 41.8 Å². The largest absolute Gasteiger partial charge is 0.486 e. The molecule has 1 atom stereocenters. The minimum absolute atomic E-state index is 0.108. The Balaban J connectivity index is 1.60. The fraction of sp³-hybridized carbons (Fsp3) is 0.350. The van der Waals surface area contributed by atoms with E-state index in [4.69, 9.17) is 18.6 Å². The molecule has 2 aromatic rings. The summed E-state index contributed by atoms with van der Waals surface area (Å²) in [5, 5.41) is 2.74. The number of methoxy groups -OCH3 is 1. The van der Waals surface area contributed by atoms with E-state index < -0.39 is 23.4 Å². The van der Waals surface area contributed by atoms with E-state index in [-0.39, 0.29) is 12.1 Å². The minimum atomic E-state index is -1.26. The maximum absolute atomic E-state index is 13.1. The van der Waals surface area contributed by atoms with Gasteiger partial charge in [-0.1, -0.05) is 6.07 Å². The summed E-state index contributed by atoms with van der Waals surface area (Å²) < 4.78 is 21.3. The van der Waals surface area contributed by atoms with Gasteiger partial charge in [0.2, 0.25) is 0 Å². The Hall–Kier alpha value is -3.49. The van der Waals surface area contributed by atoms with E-state index in [9.17, 15) is 14.4 Å². The molecule has 29 heavy (non-hydrogen) atoms. The van der Waals surface area contributed by atoms with Gasteiger partial charge in [-0.05, 0) is 37.6 Å². The molecule has 0 saturated carbocycles. The number of aryl methyl sites for hydroxylation is 1. The summed E-state index contributed by atoms with van der Waals surface area (Å²) >= 11 is 0. The maximum atomic E-state index is 13.1. The average Bonchev–Trinajstić information content (AvgIpc) is 3.19. The van der Waals surface area contributed by atoms with E-state index in [1.807, 2.05) is 0 Å². The number of urea groups is 1. The van der Waals surface area contributed by atoms with Crippen molar-refractivity contribution in [2.45, 2.75) is 25.9 Å². The van der Waals surface area contributed by atoms with Crippen LogP contribution in [0.3, 0.4) is 0 Å². The summed E-state index contributed by atoms with van der Waals surface area (Å²) in [5.74, 6) is 0.800. The molecular weight excluding hydrogens is 380 g/mol. The summed E-state index contributed by atoms with van der Waals surface area (Å²) in [4.78, 5) is 38.5. The summed E-state index contributed by atoms with van der Waals surface area (Å²) in [6.45, 7) is 4.01. The first-order valence-electron chi connectivity index (χ1n) is 9.05. The molecule has 0 radical (unpaired) electrons. The number of carbonyl (C=O) groups is 3.